The third-order valence-electron chi connectivity index (χ3n) is 2.29. The van der Waals surface area contributed by atoms with Gasteiger partial charge in [0.15, 0.2) is 6.04 Å². The average molecular weight is 209 g/mol. The fourth-order valence-corrected chi connectivity index (χ4v) is 1.15. The minimum absolute atomic E-state index is 0.261. The van der Waals surface area contributed by atoms with Crippen LogP contribution in [0.1, 0.15) is 12.5 Å². The van der Waals surface area contributed by atoms with Crippen LogP contribution >= 0.6 is 0 Å². The van der Waals surface area contributed by atoms with E-state index in [0.717, 1.165) is 5.56 Å². The van der Waals surface area contributed by atoms with Crippen LogP contribution in [0.5, 0.6) is 0 Å². The van der Waals surface area contributed by atoms with Crippen molar-refractivity contribution in [3.05, 3.63) is 35.9 Å². The molecule has 4 heteroatoms. The van der Waals surface area contributed by atoms with Crippen molar-refractivity contribution in [2.24, 2.45) is 5.73 Å². The van der Waals surface area contributed by atoms with Crippen molar-refractivity contribution in [2.75, 3.05) is 0 Å². The Balaban J connectivity index is 2.41. The summed E-state index contributed by atoms with van der Waals surface area (Å²) in [5.41, 5.74) is 9.84. The number of carbonyl (C=O) groups is 1. The largest absolute Gasteiger partial charge is 0.367 e. The molecule has 0 aromatic heterocycles. The van der Waals surface area contributed by atoms with Crippen LogP contribution in [0.25, 0.3) is 0 Å². The lowest BCUT2D eigenvalue weighted by Gasteiger charge is -2.14. The van der Waals surface area contributed by atoms with Gasteiger partial charge in [-0.25, -0.2) is 0 Å². The number of nitrogens with two attached hydrogens (primary N) is 1. The van der Waals surface area contributed by atoms with Crippen LogP contribution in [0.2, 0.25) is 0 Å². The molecule has 1 amide bonds. The summed E-state index contributed by atoms with van der Waals surface area (Å²) in [5.74, 6) is -0.435. The van der Waals surface area contributed by atoms with Gasteiger partial charge in [-0.05, 0) is 12.5 Å². The Morgan fingerprint density at radius 1 is 1.47 bits per heavy atom. The van der Waals surface area contributed by atoms with Crippen LogP contribution in [0.3, 0.4) is 0 Å². The van der Waals surface area contributed by atoms with E-state index >= 15 is 0 Å². The second-order valence-corrected chi connectivity index (χ2v) is 3.51. The number of rotatable bonds is 5. The molecule has 1 aromatic rings. The molecule has 0 unspecified atom stereocenters. The maximum Gasteiger partial charge on any atom is 0.278 e. The van der Waals surface area contributed by atoms with Gasteiger partial charge >= 0.3 is 0 Å². The van der Waals surface area contributed by atoms with E-state index in [1.165, 1.54) is 0 Å². The van der Waals surface area contributed by atoms with Gasteiger partial charge in [-0.1, -0.05) is 30.3 Å². The summed E-state index contributed by atoms with van der Waals surface area (Å²) in [6.45, 7) is 2.27. The first-order chi connectivity index (χ1) is 7.11. The summed E-state index contributed by atoms with van der Waals surface area (Å²) < 4.78 is 5.49. The van der Waals surface area contributed by atoms with Crippen molar-refractivity contribution in [3.63, 3.8) is 0 Å². The van der Waals surface area contributed by atoms with Crippen LogP contribution in [0.4, 0.5) is 0 Å². The molecular formula is C11H17N2O2+. The molecule has 15 heavy (non-hydrogen) atoms. The van der Waals surface area contributed by atoms with Crippen LogP contribution < -0.4 is 11.5 Å². The molecule has 5 N–H and O–H groups in total. The minimum Gasteiger partial charge on any atom is -0.367 e. The lowest BCUT2D eigenvalue weighted by atomic mass is 10.2. The third-order valence-corrected chi connectivity index (χ3v) is 2.29. The number of ether oxygens (including phenoxy) is 1. The second kappa shape index (κ2) is 5.48. The standard InChI is InChI=1S/C11H16N2O2/c1-8(10(12)11(13)14)15-7-9-5-3-2-4-6-9/h2-6,8,10H,7,12H2,1H3,(H2,13,14)/p+1/t8-,10+/m0/s1. The van der Waals surface area contributed by atoms with Crippen molar-refractivity contribution in [3.8, 4) is 0 Å². The van der Waals surface area contributed by atoms with Crippen LogP contribution in [-0.2, 0) is 16.1 Å². The number of benzene rings is 1. The van der Waals surface area contributed by atoms with Crippen molar-refractivity contribution in [1.82, 2.24) is 0 Å². The zero-order valence-corrected chi connectivity index (χ0v) is 8.85. The Morgan fingerprint density at radius 3 is 2.60 bits per heavy atom. The van der Waals surface area contributed by atoms with Crippen LogP contribution in [-0.4, -0.2) is 18.1 Å². The van der Waals surface area contributed by atoms with Crippen molar-refractivity contribution < 1.29 is 15.3 Å². The van der Waals surface area contributed by atoms with Gasteiger partial charge in [0.25, 0.3) is 5.91 Å². The number of hydrogen-bond donors (Lipinski definition) is 2. The molecule has 1 rings (SSSR count). The van der Waals surface area contributed by atoms with Gasteiger partial charge in [-0.15, -0.1) is 0 Å². The molecule has 0 bridgehead atoms. The summed E-state index contributed by atoms with van der Waals surface area (Å²) in [5, 5.41) is 0. The fraction of sp³-hybridized carbons (Fsp3) is 0.364. The molecule has 0 aliphatic rings. The van der Waals surface area contributed by atoms with E-state index in [2.05, 4.69) is 5.73 Å². The highest BCUT2D eigenvalue weighted by molar-refractivity contribution is 5.78. The monoisotopic (exact) mass is 209 g/mol. The van der Waals surface area contributed by atoms with E-state index in [0.29, 0.717) is 6.61 Å². The maximum atomic E-state index is 10.8. The quantitative estimate of drug-likeness (QED) is 0.697. The van der Waals surface area contributed by atoms with Crippen LogP contribution in [0, 0.1) is 0 Å². The summed E-state index contributed by atoms with van der Waals surface area (Å²) in [6, 6.07) is 9.26. The molecule has 0 saturated carbocycles. The first-order valence-electron chi connectivity index (χ1n) is 4.89. The summed E-state index contributed by atoms with van der Waals surface area (Å²) in [6.07, 6.45) is -0.261. The molecule has 0 aliphatic carbocycles. The molecule has 0 heterocycles. The van der Waals surface area contributed by atoms with Crippen molar-refractivity contribution in [1.29, 1.82) is 0 Å². The Bertz CT molecular complexity index is 314. The predicted octanol–water partition coefficient (Wildman–Crippen LogP) is -0.312. The molecule has 2 atom stereocenters. The van der Waals surface area contributed by atoms with Crippen molar-refractivity contribution in [2.45, 2.75) is 25.7 Å². The first-order valence-corrected chi connectivity index (χ1v) is 4.89. The first kappa shape index (κ1) is 11.7. The number of amides is 1. The number of quaternary nitrogens is 1. The summed E-state index contributed by atoms with van der Waals surface area (Å²) >= 11 is 0. The molecule has 0 fully saturated rings. The van der Waals surface area contributed by atoms with Crippen molar-refractivity contribution >= 4 is 5.91 Å². The van der Waals surface area contributed by atoms with E-state index in [4.69, 9.17) is 10.5 Å². The SMILES string of the molecule is C[C@H](OCc1ccccc1)[C@@H]([NH3+])C(N)=O. The molecular weight excluding hydrogens is 192 g/mol. The van der Waals surface area contributed by atoms with E-state index in [1.54, 1.807) is 6.92 Å². The molecule has 0 radical (unpaired) electrons. The Hall–Kier alpha value is -1.39. The Morgan fingerprint density at radius 2 is 2.07 bits per heavy atom. The van der Waals surface area contributed by atoms with Gasteiger partial charge in [0.05, 0.1) is 6.61 Å². The van der Waals surface area contributed by atoms with Crippen LogP contribution in [0.15, 0.2) is 30.3 Å². The van der Waals surface area contributed by atoms with E-state index in [9.17, 15) is 4.79 Å². The number of carbonyl (C=O) groups excluding carboxylic acids is 1. The fourth-order valence-electron chi connectivity index (χ4n) is 1.15. The average Bonchev–Trinajstić information content (AvgIpc) is 2.26. The van der Waals surface area contributed by atoms with E-state index in [-0.39, 0.29) is 6.10 Å². The smallest absolute Gasteiger partial charge is 0.278 e. The third kappa shape index (κ3) is 3.69. The highest BCUT2D eigenvalue weighted by Crippen LogP contribution is 2.04. The normalized spacial score (nSPS) is 14.5. The number of hydrogen-bond acceptors (Lipinski definition) is 2. The zero-order valence-electron chi connectivity index (χ0n) is 8.85. The lowest BCUT2D eigenvalue weighted by Crippen LogP contribution is -2.71. The van der Waals surface area contributed by atoms with Gasteiger partial charge in [-0.3, -0.25) is 4.79 Å². The highest BCUT2D eigenvalue weighted by atomic mass is 16.5. The molecule has 4 nitrogen and oxygen atoms in total. The minimum atomic E-state index is -0.506. The van der Waals surface area contributed by atoms with Gasteiger partial charge in [0.1, 0.15) is 6.10 Å². The summed E-state index contributed by atoms with van der Waals surface area (Å²) in [4.78, 5) is 10.8. The number of primary amides is 1. The van der Waals surface area contributed by atoms with E-state index in [1.807, 2.05) is 30.3 Å². The molecule has 1 aromatic carbocycles. The maximum absolute atomic E-state index is 10.8. The van der Waals surface area contributed by atoms with E-state index < -0.39 is 11.9 Å². The highest BCUT2D eigenvalue weighted by Gasteiger charge is 2.22. The topological polar surface area (TPSA) is 80.0 Å². The van der Waals surface area contributed by atoms with Gasteiger partial charge in [0.2, 0.25) is 0 Å². The molecule has 0 spiro atoms. The van der Waals surface area contributed by atoms with Gasteiger partial charge in [-0.2, -0.15) is 0 Å². The molecule has 0 aliphatic heterocycles. The Kier molecular flexibility index (Phi) is 4.27. The summed E-state index contributed by atoms with van der Waals surface area (Å²) in [7, 11) is 0. The zero-order chi connectivity index (χ0) is 11.3. The Labute approximate surface area is 89.2 Å². The van der Waals surface area contributed by atoms with Gasteiger partial charge < -0.3 is 16.2 Å². The predicted molar refractivity (Wildman–Crippen MR) is 56.6 cm³/mol. The second-order valence-electron chi connectivity index (χ2n) is 3.51. The lowest BCUT2D eigenvalue weighted by molar-refractivity contribution is -0.421. The molecule has 0 saturated heterocycles. The van der Waals surface area contributed by atoms with Gasteiger partial charge in [0, 0.05) is 0 Å². The molecule has 82 valence electrons.